The van der Waals surface area contributed by atoms with E-state index >= 15 is 0 Å². The SMILES string of the molecule is CCCCCCCCOCC(C)O. The van der Waals surface area contributed by atoms with Crippen molar-refractivity contribution in [2.24, 2.45) is 0 Å². The molecule has 0 aliphatic heterocycles. The molecule has 2 nitrogen and oxygen atoms in total. The predicted octanol–water partition coefficient (Wildman–Crippen LogP) is 2.74. The van der Waals surface area contributed by atoms with Crippen molar-refractivity contribution in [2.75, 3.05) is 13.2 Å². The van der Waals surface area contributed by atoms with Crippen LogP contribution in [0, 0.1) is 0 Å². The van der Waals surface area contributed by atoms with Crippen molar-refractivity contribution < 1.29 is 9.84 Å². The molecular formula is C11H24O2. The standard InChI is InChI=1S/C11H24O2/c1-3-4-5-6-7-8-9-13-10-11(2)12/h11-12H,3-10H2,1-2H3. The molecule has 1 N–H and O–H groups in total. The van der Waals surface area contributed by atoms with Gasteiger partial charge in [0.2, 0.25) is 0 Å². The average Bonchev–Trinajstić information content (AvgIpc) is 2.09. The van der Waals surface area contributed by atoms with Crippen molar-refractivity contribution in [3.63, 3.8) is 0 Å². The van der Waals surface area contributed by atoms with Gasteiger partial charge in [0, 0.05) is 6.61 Å². The summed E-state index contributed by atoms with van der Waals surface area (Å²) in [7, 11) is 0. The Kier molecular flexibility index (Phi) is 9.94. The molecule has 0 spiro atoms. The maximum atomic E-state index is 8.90. The monoisotopic (exact) mass is 188 g/mol. The highest BCUT2D eigenvalue weighted by Gasteiger charge is 1.94. The van der Waals surface area contributed by atoms with Gasteiger partial charge in [-0.3, -0.25) is 0 Å². The maximum absolute atomic E-state index is 8.90. The van der Waals surface area contributed by atoms with E-state index in [0.29, 0.717) is 6.61 Å². The van der Waals surface area contributed by atoms with Crippen LogP contribution in [0.1, 0.15) is 52.4 Å². The first-order valence-electron chi connectivity index (χ1n) is 5.53. The van der Waals surface area contributed by atoms with Gasteiger partial charge in [0.05, 0.1) is 12.7 Å². The first-order valence-corrected chi connectivity index (χ1v) is 5.53. The highest BCUT2D eigenvalue weighted by atomic mass is 16.5. The minimum Gasteiger partial charge on any atom is -0.391 e. The summed E-state index contributed by atoms with van der Waals surface area (Å²) in [6.07, 6.45) is 7.42. The van der Waals surface area contributed by atoms with Gasteiger partial charge in [-0.2, -0.15) is 0 Å². The second-order valence-corrected chi connectivity index (χ2v) is 3.69. The fraction of sp³-hybridized carbons (Fsp3) is 1.00. The van der Waals surface area contributed by atoms with Gasteiger partial charge in [-0.15, -0.1) is 0 Å². The lowest BCUT2D eigenvalue weighted by Crippen LogP contribution is -2.10. The Morgan fingerprint density at radius 3 is 2.31 bits per heavy atom. The number of rotatable bonds is 9. The van der Waals surface area contributed by atoms with Gasteiger partial charge in [-0.25, -0.2) is 0 Å². The van der Waals surface area contributed by atoms with Gasteiger partial charge in [0.25, 0.3) is 0 Å². The summed E-state index contributed by atoms with van der Waals surface area (Å²) >= 11 is 0. The Hall–Kier alpha value is -0.0800. The van der Waals surface area contributed by atoms with E-state index in [4.69, 9.17) is 9.84 Å². The molecule has 80 valence electrons. The third kappa shape index (κ3) is 11.9. The van der Waals surface area contributed by atoms with Gasteiger partial charge >= 0.3 is 0 Å². The molecule has 0 radical (unpaired) electrons. The van der Waals surface area contributed by atoms with Crippen molar-refractivity contribution in [1.82, 2.24) is 0 Å². The van der Waals surface area contributed by atoms with Gasteiger partial charge in [0.15, 0.2) is 0 Å². The lowest BCUT2D eigenvalue weighted by atomic mass is 10.1. The quantitative estimate of drug-likeness (QED) is 0.564. The van der Waals surface area contributed by atoms with E-state index in [1.165, 1.54) is 32.1 Å². The average molecular weight is 188 g/mol. The van der Waals surface area contributed by atoms with Crippen LogP contribution < -0.4 is 0 Å². The molecule has 1 atom stereocenters. The van der Waals surface area contributed by atoms with Crippen LogP contribution in [-0.2, 0) is 4.74 Å². The zero-order valence-corrected chi connectivity index (χ0v) is 9.09. The second kappa shape index (κ2) is 10.0. The molecule has 0 aliphatic rings. The van der Waals surface area contributed by atoms with Crippen molar-refractivity contribution >= 4 is 0 Å². The Balaban J connectivity index is 2.84. The number of aliphatic hydroxyl groups excluding tert-OH is 1. The zero-order valence-electron chi connectivity index (χ0n) is 9.09. The number of unbranched alkanes of at least 4 members (excludes halogenated alkanes) is 5. The van der Waals surface area contributed by atoms with Crippen molar-refractivity contribution in [3.05, 3.63) is 0 Å². The summed E-state index contributed by atoms with van der Waals surface area (Å²) < 4.78 is 5.25. The first-order chi connectivity index (χ1) is 6.27. The predicted molar refractivity (Wildman–Crippen MR) is 55.9 cm³/mol. The molecule has 0 bridgehead atoms. The largest absolute Gasteiger partial charge is 0.391 e. The van der Waals surface area contributed by atoms with Gasteiger partial charge in [-0.1, -0.05) is 39.0 Å². The third-order valence-electron chi connectivity index (χ3n) is 2.00. The Morgan fingerprint density at radius 2 is 1.69 bits per heavy atom. The molecule has 0 aromatic heterocycles. The van der Waals surface area contributed by atoms with Gasteiger partial charge < -0.3 is 9.84 Å². The van der Waals surface area contributed by atoms with Crippen LogP contribution in [0.4, 0.5) is 0 Å². The van der Waals surface area contributed by atoms with Gasteiger partial charge in [-0.05, 0) is 13.3 Å². The van der Waals surface area contributed by atoms with Crippen LogP contribution in [0.25, 0.3) is 0 Å². The molecule has 0 rings (SSSR count). The molecule has 0 heterocycles. The second-order valence-electron chi connectivity index (χ2n) is 3.69. The highest BCUT2D eigenvalue weighted by Crippen LogP contribution is 2.04. The summed E-state index contributed by atoms with van der Waals surface area (Å²) in [6.45, 7) is 5.26. The minimum absolute atomic E-state index is 0.319. The lowest BCUT2D eigenvalue weighted by molar-refractivity contribution is 0.0445. The van der Waals surface area contributed by atoms with E-state index in [-0.39, 0.29) is 6.10 Å². The maximum Gasteiger partial charge on any atom is 0.0745 e. The van der Waals surface area contributed by atoms with E-state index in [0.717, 1.165) is 13.0 Å². The molecule has 0 aromatic carbocycles. The molecule has 0 saturated heterocycles. The Bertz CT molecular complexity index is 92.1. The summed E-state index contributed by atoms with van der Waals surface area (Å²) in [5.74, 6) is 0. The Labute approximate surface area is 82.3 Å². The van der Waals surface area contributed by atoms with Gasteiger partial charge in [0.1, 0.15) is 0 Å². The van der Waals surface area contributed by atoms with Crippen molar-refractivity contribution in [2.45, 2.75) is 58.5 Å². The smallest absolute Gasteiger partial charge is 0.0745 e. The molecule has 0 fully saturated rings. The van der Waals surface area contributed by atoms with Crippen LogP contribution in [0.15, 0.2) is 0 Å². The van der Waals surface area contributed by atoms with E-state index in [9.17, 15) is 0 Å². The van der Waals surface area contributed by atoms with E-state index < -0.39 is 0 Å². The normalized spacial score (nSPS) is 13.2. The summed E-state index contributed by atoms with van der Waals surface area (Å²) in [5, 5.41) is 8.90. The molecule has 13 heavy (non-hydrogen) atoms. The van der Waals surface area contributed by atoms with Crippen LogP contribution in [0.2, 0.25) is 0 Å². The molecule has 1 unspecified atom stereocenters. The molecular weight excluding hydrogens is 164 g/mol. The van der Waals surface area contributed by atoms with E-state index in [1.807, 2.05) is 0 Å². The fourth-order valence-corrected chi connectivity index (χ4v) is 1.24. The summed E-state index contributed by atoms with van der Waals surface area (Å²) in [4.78, 5) is 0. The van der Waals surface area contributed by atoms with Crippen molar-refractivity contribution in [3.8, 4) is 0 Å². The molecule has 2 heteroatoms. The molecule has 0 aliphatic carbocycles. The third-order valence-corrected chi connectivity index (χ3v) is 2.00. The first kappa shape index (κ1) is 12.9. The van der Waals surface area contributed by atoms with Crippen LogP contribution >= 0.6 is 0 Å². The van der Waals surface area contributed by atoms with Crippen LogP contribution in [0.3, 0.4) is 0 Å². The Morgan fingerprint density at radius 1 is 1.08 bits per heavy atom. The van der Waals surface area contributed by atoms with Crippen LogP contribution in [0.5, 0.6) is 0 Å². The van der Waals surface area contributed by atoms with E-state index in [1.54, 1.807) is 6.92 Å². The van der Waals surface area contributed by atoms with Crippen LogP contribution in [-0.4, -0.2) is 24.4 Å². The minimum atomic E-state index is -0.319. The zero-order chi connectivity index (χ0) is 9.94. The molecule has 0 saturated carbocycles. The number of hydrogen-bond acceptors (Lipinski definition) is 2. The summed E-state index contributed by atoms with van der Waals surface area (Å²) in [5.41, 5.74) is 0. The topological polar surface area (TPSA) is 29.5 Å². The highest BCUT2D eigenvalue weighted by molar-refractivity contribution is 4.45. The fourth-order valence-electron chi connectivity index (χ4n) is 1.24. The van der Waals surface area contributed by atoms with Crippen molar-refractivity contribution in [1.29, 1.82) is 0 Å². The summed E-state index contributed by atoms with van der Waals surface area (Å²) in [6, 6.07) is 0. The number of aliphatic hydroxyl groups is 1. The molecule has 0 amide bonds. The number of ether oxygens (including phenoxy) is 1. The molecule has 0 aromatic rings. The number of hydrogen-bond donors (Lipinski definition) is 1. The lowest BCUT2D eigenvalue weighted by Gasteiger charge is -2.05. The van der Waals surface area contributed by atoms with E-state index in [2.05, 4.69) is 6.92 Å².